The predicted octanol–water partition coefficient (Wildman–Crippen LogP) is 3.99. The Bertz CT molecular complexity index is 815. The third-order valence-corrected chi connectivity index (χ3v) is 6.81. The SMILES string of the molecule is CCc1ccc(CN2CCC[C@H](CCC(=O)N3CCN(c4ccccn4)CC3)C2)cc1. The molecule has 166 valence electrons. The Morgan fingerprint density at radius 1 is 1.00 bits per heavy atom. The molecule has 0 aliphatic carbocycles. The van der Waals surface area contributed by atoms with E-state index in [4.69, 9.17) is 0 Å². The molecule has 0 saturated carbocycles. The topological polar surface area (TPSA) is 39.7 Å². The summed E-state index contributed by atoms with van der Waals surface area (Å²) < 4.78 is 0. The number of amides is 1. The van der Waals surface area contributed by atoms with Gasteiger partial charge in [0.25, 0.3) is 0 Å². The molecule has 2 aromatic rings. The predicted molar refractivity (Wildman–Crippen MR) is 126 cm³/mol. The number of rotatable bonds is 7. The van der Waals surface area contributed by atoms with E-state index in [-0.39, 0.29) is 0 Å². The van der Waals surface area contributed by atoms with Crippen LogP contribution in [0.4, 0.5) is 5.82 Å². The molecule has 1 atom stereocenters. The second kappa shape index (κ2) is 10.8. The average Bonchev–Trinajstić information content (AvgIpc) is 2.84. The highest BCUT2D eigenvalue weighted by Crippen LogP contribution is 2.23. The number of carbonyl (C=O) groups excluding carboxylic acids is 1. The van der Waals surface area contributed by atoms with Crippen LogP contribution in [0.15, 0.2) is 48.7 Å². The maximum absolute atomic E-state index is 12.8. The molecular formula is C26H36N4O. The van der Waals surface area contributed by atoms with Crippen molar-refractivity contribution >= 4 is 11.7 Å². The Labute approximate surface area is 187 Å². The van der Waals surface area contributed by atoms with Crippen molar-refractivity contribution in [3.63, 3.8) is 0 Å². The van der Waals surface area contributed by atoms with Gasteiger partial charge in [-0.05, 0) is 61.4 Å². The second-order valence-corrected chi connectivity index (χ2v) is 9.01. The third-order valence-electron chi connectivity index (χ3n) is 6.81. The number of likely N-dealkylation sites (tertiary alicyclic amines) is 1. The maximum atomic E-state index is 12.8. The zero-order valence-electron chi connectivity index (χ0n) is 18.9. The van der Waals surface area contributed by atoms with E-state index in [0.29, 0.717) is 18.2 Å². The minimum absolute atomic E-state index is 0.327. The lowest BCUT2D eigenvalue weighted by Crippen LogP contribution is -2.49. The molecule has 31 heavy (non-hydrogen) atoms. The van der Waals surface area contributed by atoms with E-state index in [2.05, 4.69) is 50.9 Å². The molecule has 1 aromatic heterocycles. The van der Waals surface area contributed by atoms with Crippen LogP contribution < -0.4 is 4.90 Å². The number of carbonyl (C=O) groups is 1. The Kier molecular flexibility index (Phi) is 7.57. The van der Waals surface area contributed by atoms with Crippen molar-refractivity contribution in [2.45, 2.75) is 45.6 Å². The van der Waals surface area contributed by atoms with E-state index in [1.165, 1.54) is 30.5 Å². The molecule has 0 bridgehead atoms. The summed E-state index contributed by atoms with van der Waals surface area (Å²) in [6.07, 6.45) is 7.14. The molecule has 0 N–H and O–H groups in total. The molecule has 3 heterocycles. The smallest absolute Gasteiger partial charge is 0.222 e. The summed E-state index contributed by atoms with van der Waals surface area (Å²) >= 11 is 0. The number of aryl methyl sites for hydroxylation is 1. The lowest BCUT2D eigenvalue weighted by molar-refractivity contribution is -0.131. The molecule has 1 aromatic carbocycles. The van der Waals surface area contributed by atoms with Crippen molar-refractivity contribution in [3.05, 3.63) is 59.8 Å². The van der Waals surface area contributed by atoms with E-state index in [1.807, 2.05) is 24.4 Å². The van der Waals surface area contributed by atoms with E-state index >= 15 is 0 Å². The Balaban J connectivity index is 1.19. The highest BCUT2D eigenvalue weighted by atomic mass is 16.2. The normalized spacial score (nSPS) is 20.1. The number of piperidine rings is 1. The number of hydrogen-bond donors (Lipinski definition) is 0. The van der Waals surface area contributed by atoms with E-state index in [9.17, 15) is 4.79 Å². The number of anilines is 1. The first-order valence-electron chi connectivity index (χ1n) is 11.9. The van der Waals surface area contributed by atoms with Gasteiger partial charge in [0.1, 0.15) is 5.82 Å². The van der Waals surface area contributed by atoms with Gasteiger partial charge in [-0.15, -0.1) is 0 Å². The van der Waals surface area contributed by atoms with Crippen LogP contribution >= 0.6 is 0 Å². The van der Waals surface area contributed by atoms with E-state index in [1.54, 1.807) is 0 Å². The lowest BCUT2D eigenvalue weighted by Gasteiger charge is -2.36. The first kappa shape index (κ1) is 21.8. The Hall–Kier alpha value is -2.40. The number of benzene rings is 1. The molecule has 2 aliphatic rings. The minimum Gasteiger partial charge on any atom is -0.353 e. The van der Waals surface area contributed by atoms with Crippen molar-refractivity contribution in [3.8, 4) is 0 Å². The summed E-state index contributed by atoms with van der Waals surface area (Å²) in [6, 6.07) is 15.1. The molecule has 2 saturated heterocycles. The summed E-state index contributed by atoms with van der Waals surface area (Å²) in [5.41, 5.74) is 2.80. The summed E-state index contributed by atoms with van der Waals surface area (Å²) in [6.45, 7) is 8.88. The van der Waals surface area contributed by atoms with Gasteiger partial charge in [-0.25, -0.2) is 4.98 Å². The summed E-state index contributed by atoms with van der Waals surface area (Å²) in [5.74, 6) is 1.98. The fourth-order valence-corrected chi connectivity index (χ4v) is 4.88. The second-order valence-electron chi connectivity index (χ2n) is 9.01. The van der Waals surface area contributed by atoms with Gasteiger partial charge in [-0.1, -0.05) is 37.3 Å². The molecule has 2 aliphatic heterocycles. The van der Waals surface area contributed by atoms with Crippen LogP contribution in [0, 0.1) is 5.92 Å². The van der Waals surface area contributed by atoms with Gasteiger partial charge in [-0.2, -0.15) is 0 Å². The molecule has 5 heteroatoms. The van der Waals surface area contributed by atoms with Gasteiger partial charge in [0.2, 0.25) is 5.91 Å². The van der Waals surface area contributed by atoms with Crippen LogP contribution in [0.25, 0.3) is 0 Å². The van der Waals surface area contributed by atoms with Gasteiger partial charge >= 0.3 is 0 Å². The first-order chi connectivity index (χ1) is 15.2. The fourth-order valence-electron chi connectivity index (χ4n) is 4.88. The highest BCUT2D eigenvalue weighted by Gasteiger charge is 2.24. The molecular weight excluding hydrogens is 384 g/mol. The molecule has 4 rings (SSSR count). The largest absolute Gasteiger partial charge is 0.353 e. The van der Waals surface area contributed by atoms with Crippen LogP contribution in [0.2, 0.25) is 0 Å². The van der Waals surface area contributed by atoms with Crippen molar-refractivity contribution in [2.24, 2.45) is 5.92 Å². The summed E-state index contributed by atoms with van der Waals surface area (Å²) in [7, 11) is 0. The van der Waals surface area contributed by atoms with Crippen LogP contribution in [-0.2, 0) is 17.8 Å². The van der Waals surface area contributed by atoms with E-state index in [0.717, 1.165) is 57.9 Å². The average molecular weight is 421 g/mol. The number of nitrogens with zero attached hydrogens (tertiary/aromatic N) is 4. The highest BCUT2D eigenvalue weighted by molar-refractivity contribution is 5.76. The minimum atomic E-state index is 0.327. The Morgan fingerprint density at radius 3 is 2.48 bits per heavy atom. The van der Waals surface area contributed by atoms with Gasteiger partial charge in [0.15, 0.2) is 0 Å². The molecule has 2 fully saturated rings. The van der Waals surface area contributed by atoms with Crippen molar-refractivity contribution in [2.75, 3.05) is 44.2 Å². The molecule has 5 nitrogen and oxygen atoms in total. The third kappa shape index (κ3) is 6.07. The quantitative estimate of drug-likeness (QED) is 0.679. The number of pyridine rings is 1. The van der Waals surface area contributed by atoms with Gasteiger partial charge in [-0.3, -0.25) is 9.69 Å². The number of hydrogen-bond acceptors (Lipinski definition) is 4. The van der Waals surface area contributed by atoms with Crippen LogP contribution in [0.1, 0.15) is 43.7 Å². The molecule has 0 radical (unpaired) electrons. The molecule has 1 amide bonds. The van der Waals surface area contributed by atoms with Crippen LogP contribution in [-0.4, -0.2) is 60.0 Å². The first-order valence-corrected chi connectivity index (χ1v) is 11.9. The number of aromatic nitrogens is 1. The lowest BCUT2D eigenvalue weighted by atomic mass is 9.92. The van der Waals surface area contributed by atoms with Gasteiger partial charge < -0.3 is 9.80 Å². The number of piperazine rings is 1. The maximum Gasteiger partial charge on any atom is 0.222 e. The zero-order valence-corrected chi connectivity index (χ0v) is 18.9. The van der Waals surface area contributed by atoms with Crippen LogP contribution in [0.5, 0.6) is 0 Å². The van der Waals surface area contributed by atoms with Gasteiger partial charge in [0, 0.05) is 51.9 Å². The standard InChI is InChI=1S/C26H36N4O/c1-2-22-8-10-24(11-9-22)21-28-15-5-6-23(20-28)12-13-26(31)30-18-16-29(17-19-30)25-7-3-4-14-27-25/h3-4,7-11,14,23H,2,5-6,12-13,15-21H2,1H3/t23-/m1/s1. The summed E-state index contributed by atoms with van der Waals surface area (Å²) in [5, 5.41) is 0. The van der Waals surface area contributed by atoms with Gasteiger partial charge in [0.05, 0.1) is 0 Å². The summed E-state index contributed by atoms with van der Waals surface area (Å²) in [4.78, 5) is 24.1. The molecule has 0 spiro atoms. The van der Waals surface area contributed by atoms with Crippen molar-refractivity contribution in [1.29, 1.82) is 0 Å². The fraction of sp³-hybridized carbons (Fsp3) is 0.538. The molecule has 0 unspecified atom stereocenters. The Morgan fingerprint density at radius 2 is 1.77 bits per heavy atom. The van der Waals surface area contributed by atoms with E-state index < -0.39 is 0 Å². The van der Waals surface area contributed by atoms with Crippen molar-refractivity contribution < 1.29 is 4.79 Å². The van der Waals surface area contributed by atoms with Crippen LogP contribution in [0.3, 0.4) is 0 Å². The van der Waals surface area contributed by atoms with Crippen molar-refractivity contribution in [1.82, 2.24) is 14.8 Å². The zero-order chi connectivity index (χ0) is 21.5. The monoisotopic (exact) mass is 420 g/mol.